The fourth-order valence-corrected chi connectivity index (χ4v) is 2.26. The molecule has 0 aliphatic heterocycles. The lowest BCUT2D eigenvalue weighted by atomic mass is 9.92. The Morgan fingerprint density at radius 2 is 2.06 bits per heavy atom. The van der Waals surface area contributed by atoms with Crippen LogP contribution in [-0.4, -0.2) is 18.0 Å². The maximum Gasteiger partial charge on any atom is 0.287 e. The molecule has 1 amide bonds. The number of carbonyl (C=O) groups is 1. The Morgan fingerprint density at radius 3 is 2.62 bits per heavy atom. The molecule has 3 N–H and O–H groups in total. The summed E-state index contributed by atoms with van der Waals surface area (Å²) in [5.41, 5.74) is 5.80. The third-order valence-corrected chi connectivity index (χ3v) is 3.33. The third-order valence-electron chi connectivity index (χ3n) is 2.90. The molecule has 88 valence electrons. The van der Waals surface area contributed by atoms with Crippen LogP contribution in [0.5, 0.6) is 0 Å². The topological polar surface area (TPSA) is 68.3 Å². The van der Waals surface area contributed by atoms with E-state index in [-0.39, 0.29) is 11.9 Å². The summed E-state index contributed by atoms with van der Waals surface area (Å²) in [6, 6.07) is 3.90. The SMILES string of the molecule is NC1CCC(NC(=O)c2ccc(Br)o2)CC1. The van der Waals surface area contributed by atoms with Crippen LogP contribution in [0.3, 0.4) is 0 Å². The number of nitrogens with two attached hydrogens (primary N) is 1. The number of rotatable bonds is 2. The molecule has 1 saturated carbocycles. The van der Waals surface area contributed by atoms with E-state index >= 15 is 0 Å². The molecule has 1 fully saturated rings. The summed E-state index contributed by atoms with van der Waals surface area (Å²) in [6.45, 7) is 0. The molecule has 0 unspecified atom stereocenters. The second-order valence-electron chi connectivity index (χ2n) is 4.19. The van der Waals surface area contributed by atoms with Crippen LogP contribution < -0.4 is 11.1 Å². The van der Waals surface area contributed by atoms with Crippen molar-refractivity contribution in [3.63, 3.8) is 0 Å². The van der Waals surface area contributed by atoms with Gasteiger partial charge in [-0.25, -0.2) is 0 Å². The van der Waals surface area contributed by atoms with E-state index in [4.69, 9.17) is 10.2 Å². The lowest BCUT2D eigenvalue weighted by molar-refractivity contribution is 0.0896. The standard InChI is InChI=1S/C11H15BrN2O2/c12-10-6-5-9(16-10)11(15)14-8-3-1-7(13)2-4-8/h5-8H,1-4,13H2,(H,14,15). The van der Waals surface area contributed by atoms with Crippen LogP contribution in [0, 0.1) is 0 Å². The van der Waals surface area contributed by atoms with Gasteiger partial charge >= 0.3 is 0 Å². The fourth-order valence-electron chi connectivity index (χ4n) is 1.96. The molecule has 1 aliphatic carbocycles. The number of halogens is 1. The molecule has 0 atom stereocenters. The number of hydrogen-bond acceptors (Lipinski definition) is 3. The van der Waals surface area contributed by atoms with Crippen LogP contribution in [0.2, 0.25) is 0 Å². The number of carbonyl (C=O) groups excluding carboxylic acids is 1. The summed E-state index contributed by atoms with van der Waals surface area (Å²) in [6.07, 6.45) is 3.86. The summed E-state index contributed by atoms with van der Waals surface area (Å²) in [4.78, 5) is 11.8. The Bertz CT molecular complexity index is 370. The molecule has 0 radical (unpaired) electrons. The minimum atomic E-state index is -0.147. The molecule has 16 heavy (non-hydrogen) atoms. The molecule has 0 saturated heterocycles. The highest BCUT2D eigenvalue weighted by Gasteiger charge is 2.21. The van der Waals surface area contributed by atoms with E-state index in [2.05, 4.69) is 21.2 Å². The summed E-state index contributed by atoms with van der Waals surface area (Å²) in [7, 11) is 0. The molecule has 0 bridgehead atoms. The highest BCUT2D eigenvalue weighted by Crippen LogP contribution is 2.18. The summed E-state index contributed by atoms with van der Waals surface area (Å²) < 4.78 is 5.76. The molecule has 5 heteroatoms. The predicted molar refractivity (Wildman–Crippen MR) is 64.1 cm³/mol. The summed E-state index contributed by atoms with van der Waals surface area (Å²) in [5.74, 6) is 0.202. The molecule has 1 aliphatic rings. The molecule has 1 aromatic heterocycles. The van der Waals surface area contributed by atoms with Gasteiger partial charge in [-0.1, -0.05) is 0 Å². The second kappa shape index (κ2) is 5.01. The zero-order chi connectivity index (χ0) is 11.5. The lowest BCUT2D eigenvalue weighted by Gasteiger charge is -2.26. The molecule has 0 aromatic carbocycles. The van der Waals surface area contributed by atoms with Crippen LogP contribution in [0.4, 0.5) is 0 Å². The number of furan rings is 1. The van der Waals surface area contributed by atoms with E-state index in [0.717, 1.165) is 25.7 Å². The van der Waals surface area contributed by atoms with Gasteiger partial charge in [-0.3, -0.25) is 4.79 Å². The van der Waals surface area contributed by atoms with E-state index in [9.17, 15) is 4.79 Å². The highest BCUT2D eigenvalue weighted by atomic mass is 79.9. The zero-order valence-corrected chi connectivity index (χ0v) is 10.5. The molecular formula is C11H15BrN2O2. The first-order chi connectivity index (χ1) is 7.65. The van der Waals surface area contributed by atoms with Gasteiger partial charge in [0.15, 0.2) is 10.4 Å². The minimum absolute atomic E-state index is 0.147. The molecule has 2 rings (SSSR count). The van der Waals surface area contributed by atoms with Crippen molar-refractivity contribution in [1.29, 1.82) is 0 Å². The molecule has 4 nitrogen and oxygen atoms in total. The van der Waals surface area contributed by atoms with Crippen molar-refractivity contribution >= 4 is 21.8 Å². The first kappa shape index (κ1) is 11.7. The quantitative estimate of drug-likeness (QED) is 0.874. The molecular weight excluding hydrogens is 272 g/mol. The van der Waals surface area contributed by atoms with Crippen molar-refractivity contribution in [3.05, 3.63) is 22.6 Å². The Balaban J connectivity index is 1.88. The van der Waals surface area contributed by atoms with Gasteiger partial charge in [-0.05, 0) is 53.7 Å². The first-order valence-electron chi connectivity index (χ1n) is 5.47. The summed E-state index contributed by atoms with van der Waals surface area (Å²) >= 11 is 3.17. The van der Waals surface area contributed by atoms with Crippen LogP contribution in [0.1, 0.15) is 36.2 Å². The largest absolute Gasteiger partial charge is 0.444 e. The molecule has 1 aromatic rings. The van der Waals surface area contributed by atoms with Crippen molar-refractivity contribution in [2.24, 2.45) is 5.73 Å². The Hall–Kier alpha value is -0.810. The first-order valence-corrected chi connectivity index (χ1v) is 6.26. The summed E-state index contributed by atoms with van der Waals surface area (Å²) in [5, 5.41) is 2.96. The van der Waals surface area contributed by atoms with E-state index < -0.39 is 0 Å². The van der Waals surface area contributed by atoms with Gasteiger partial charge in [0.2, 0.25) is 0 Å². The van der Waals surface area contributed by atoms with E-state index in [1.165, 1.54) is 0 Å². The second-order valence-corrected chi connectivity index (χ2v) is 4.97. The van der Waals surface area contributed by atoms with Crippen molar-refractivity contribution in [3.8, 4) is 0 Å². The average Bonchev–Trinajstić information content (AvgIpc) is 2.68. The van der Waals surface area contributed by atoms with Crippen LogP contribution in [0.15, 0.2) is 21.2 Å². The third kappa shape index (κ3) is 2.86. The molecule has 0 spiro atoms. The smallest absolute Gasteiger partial charge is 0.287 e. The minimum Gasteiger partial charge on any atom is -0.444 e. The molecule has 1 heterocycles. The Kier molecular flexibility index (Phi) is 3.66. The monoisotopic (exact) mass is 286 g/mol. The average molecular weight is 287 g/mol. The predicted octanol–water partition coefficient (Wildman–Crippen LogP) is 2.04. The fraction of sp³-hybridized carbons (Fsp3) is 0.545. The number of nitrogens with one attached hydrogen (secondary N) is 1. The lowest BCUT2D eigenvalue weighted by Crippen LogP contribution is -2.40. The van der Waals surface area contributed by atoms with Gasteiger partial charge in [-0.15, -0.1) is 0 Å². The normalized spacial score (nSPS) is 25.4. The van der Waals surface area contributed by atoms with Gasteiger partial charge < -0.3 is 15.5 Å². The van der Waals surface area contributed by atoms with Gasteiger partial charge in [0.25, 0.3) is 5.91 Å². The van der Waals surface area contributed by atoms with Crippen LogP contribution in [0.25, 0.3) is 0 Å². The van der Waals surface area contributed by atoms with Gasteiger partial charge in [0.05, 0.1) is 0 Å². The Labute approximate surface area is 103 Å². The Morgan fingerprint density at radius 1 is 1.38 bits per heavy atom. The van der Waals surface area contributed by atoms with Gasteiger partial charge in [-0.2, -0.15) is 0 Å². The van der Waals surface area contributed by atoms with E-state index in [1.54, 1.807) is 12.1 Å². The zero-order valence-electron chi connectivity index (χ0n) is 8.91. The maximum absolute atomic E-state index is 11.8. The van der Waals surface area contributed by atoms with Crippen LogP contribution in [-0.2, 0) is 0 Å². The van der Waals surface area contributed by atoms with Gasteiger partial charge in [0.1, 0.15) is 0 Å². The van der Waals surface area contributed by atoms with Crippen molar-refractivity contribution in [2.75, 3.05) is 0 Å². The number of amides is 1. The van der Waals surface area contributed by atoms with E-state index in [0.29, 0.717) is 16.5 Å². The van der Waals surface area contributed by atoms with E-state index in [1.807, 2.05) is 0 Å². The van der Waals surface area contributed by atoms with Crippen molar-refractivity contribution in [1.82, 2.24) is 5.32 Å². The van der Waals surface area contributed by atoms with Gasteiger partial charge in [0, 0.05) is 12.1 Å². The maximum atomic E-state index is 11.8. The van der Waals surface area contributed by atoms with Crippen molar-refractivity contribution in [2.45, 2.75) is 37.8 Å². The number of hydrogen-bond donors (Lipinski definition) is 2. The van der Waals surface area contributed by atoms with Crippen LogP contribution >= 0.6 is 15.9 Å². The highest BCUT2D eigenvalue weighted by molar-refractivity contribution is 9.10. The van der Waals surface area contributed by atoms with Crippen molar-refractivity contribution < 1.29 is 9.21 Å².